The highest BCUT2D eigenvalue weighted by molar-refractivity contribution is 6.14. The van der Waals surface area contributed by atoms with Crippen molar-refractivity contribution in [3.8, 4) is 0 Å². The first-order valence-corrected chi connectivity index (χ1v) is 6.51. The Morgan fingerprint density at radius 2 is 1.60 bits per heavy atom. The Labute approximate surface area is 117 Å². The molecule has 0 fully saturated rings. The van der Waals surface area contributed by atoms with Gasteiger partial charge < -0.3 is 5.32 Å². The minimum atomic E-state index is -0.139. The number of rotatable bonds is 3. The average molecular weight is 262 g/mol. The molecule has 0 radical (unpaired) electrons. The molecule has 0 spiro atoms. The molecule has 1 amide bonds. The fraction of sp³-hybridized carbons (Fsp3) is 0.0588. The van der Waals surface area contributed by atoms with Crippen LogP contribution >= 0.6 is 0 Å². The van der Waals surface area contributed by atoms with Crippen LogP contribution in [0.25, 0.3) is 6.08 Å². The highest BCUT2D eigenvalue weighted by atomic mass is 16.2. The van der Waals surface area contributed by atoms with E-state index in [1.165, 1.54) is 0 Å². The van der Waals surface area contributed by atoms with Crippen LogP contribution in [0.1, 0.15) is 11.1 Å². The zero-order chi connectivity index (χ0) is 13.8. The van der Waals surface area contributed by atoms with Crippen molar-refractivity contribution in [2.45, 2.75) is 6.42 Å². The normalized spacial score (nSPS) is 16.1. The molecule has 0 aliphatic carbocycles. The molecular weight excluding hydrogens is 248 g/mol. The molecule has 1 aliphatic heterocycles. The van der Waals surface area contributed by atoms with E-state index in [0.29, 0.717) is 18.0 Å². The summed E-state index contributed by atoms with van der Waals surface area (Å²) < 4.78 is 0. The van der Waals surface area contributed by atoms with Gasteiger partial charge in [-0.2, -0.15) is 0 Å². The van der Waals surface area contributed by atoms with Crippen molar-refractivity contribution in [2.75, 3.05) is 0 Å². The number of hydrogen-bond acceptors (Lipinski definition) is 2. The molecule has 0 atom stereocenters. The van der Waals surface area contributed by atoms with E-state index in [2.05, 4.69) is 10.3 Å². The minimum absolute atomic E-state index is 0.139. The molecule has 1 aliphatic rings. The van der Waals surface area contributed by atoms with Crippen LogP contribution in [0.15, 0.2) is 71.4 Å². The Morgan fingerprint density at radius 1 is 0.950 bits per heavy atom. The predicted molar refractivity (Wildman–Crippen MR) is 80.1 cm³/mol. The Kier molecular flexibility index (Phi) is 3.42. The molecule has 0 saturated heterocycles. The van der Waals surface area contributed by atoms with Crippen LogP contribution in [0.5, 0.6) is 0 Å². The summed E-state index contributed by atoms with van der Waals surface area (Å²) in [5.41, 5.74) is 2.57. The SMILES string of the molecule is O=C1NC(Cc2ccccc2)=N/C1=C/c1ccccc1. The van der Waals surface area contributed by atoms with E-state index < -0.39 is 0 Å². The van der Waals surface area contributed by atoms with Crippen LogP contribution in [0.4, 0.5) is 0 Å². The second kappa shape index (κ2) is 5.53. The molecule has 0 unspecified atom stereocenters. The van der Waals surface area contributed by atoms with E-state index in [4.69, 9.17) is 0 Å². The second-order valence-electron chi connectivity index (χ2n) is 4.62. The Hall–Kier alpha value is -2.68. The fourth-order valence-electron chi connectivity index (χ4n) is 2.10. The van der Waals surface area contributed by atoms with Gasteiger partial charge in [0.25, 0.3) is 5.91 Å². The number of hydrogen-bond donors (Lipinski definition) is 1. The summed E-state index contributed by atoms with van der Waals surface area (Å²) in [7, 11) is 0. The lowest BCUT2D eigenvalue weighted by Gasteiger charge is -1.99. The van der Waals surface area contributed by atoms with E-state index in [0.717, 1.165) is 11.1 Å². The van der Waals surface area contributed by atoms with Crippen LogP contribution in [0, 0.1) is 0 Å². The third kappa shape index (κ3) is 2.83. The van der Waals surface area contributed by atoms with Crippen LogP contribution in [-0.2, 0) is 11.2 Å². The predicted octanol–water partition coefficient (Wildman–Crippen LogP) is 2.80. The quantitative estimate of drug-likeness (QED) is 0.849. The van der Waals surface area contributed by atoms with Gasteiger partial charge in [-0.05, 0) is 17.2 Å². The lowest BCUT2D eigenvalue weighted by molar-refractivity contribution is -0.115. The molecule has 2 aromatic rings. The summed E-state index contributed by atoms with van der Waals surface area (Å²) in [5.74, 6) is 0.558. The molecule has 3 heteroatoms. The van der Waals surface area contributed by atoms with E-state index in [1.54, 1.807) is 6.08 Å². The first-order chi connectivity index (χ1) is 9.81. The smallest absolute Gasteiger partial charge is 0.275 e. The van der Waals surface area contributed by atoms with Crippen molar-refractivity contribution in [2.24, 2.45) is 4.99 Å². The highest BCUT2D eigenvalue weighted by Gasteiger charge is 2.19. The second-order valence-corrected chi connectivity index (χ2v) is 4.62. The lowest BCUT2D eigenvalue weighted by atomic mass is 10.1. The van der Waals surface area contributed by atoms with Gasteiger partial charge in [0, 0.05) is 6.42 Å². The number of nitrogens with one attached hydrogen (secondary N) is 1. The first kappa shape index (κ1) is 12.4. The number of aliphatic imine (C=N–C) groups is 1. The van der Waals surface area contributed by atoms with Crippen LogP contribution in [-0.4, -0.2) is 11.7 Å². The van der Waals surface area contributed by atoms with Crippen molar-refractivity contribution in [3.05, 3.63) is 77.5 Å². The topological polar surface area (TPSA) is 41.5 Å². The van der Waals surface area contributed by atoms with Gasteiger partial charge in [-0.15, -0.1) is 0 Å². The molecule has 0 aromatic heterocycles. The maximum absolute atomic E-state index is 11.9. The molecule has 2 aromatic carbocycles. The van der Waals surface area contributed by atoms with Crippen molar-refractivity contribution >= 4 is 17.8 Å². The zero-order valence-electron chi connectivity index (χ0n) is 10.9. The Morgan fingerprint density at radius 3 is 2.30 bits per heavy atom. The summed E-state index contributed by atoms with van der Waals surface area (Å²) in [6, 6.07) is 19.7. The summed E-state index contributed by atoms with van der Waals surface area (Å²) in [6.07, 6.45) is 2.44. The maximum atomic E-state index is 11.9. The first-order valence-electron chi connectivity index (χ1n) is 6.51. The van der Waals surface area contributed by atoms with Gasteiger partial charge in [0.15, 0.2) is 0 Å². The maximum Gasteiger partial charge on any atom is 0.275 e. The summed E-state index contributed by atoms with van der Waals surface area (Å²) in [6.45, 7) is 0. The van der Waals surface area contributed by atoms with E-state index >= 15 is 0 Å². The molecule has 0 saturated carbocycles. The van der Waals surface area contributed by atoms with Gasteiger partial charge in [0.05, 0.1) is 0 Å². The van der Waals surface area contributed by atoms with Crippen molar-refractivity contribution in [3.63, 3.8) is 0 Å². The number of amidine groups is 1. The van der Waals surface area contributed by atoms with E-state index in [9.17, 15) is 4.79 Å². The van der Waals surface area contributed by atoms with E-state index in [-0.39, 0.29) is 5.91 Å². The van der Waals surface area contributed by atoms with Gasteiger partial charge in [0.2, 0.25) is 0 Å². The van der Waals surface area contributed by atoms with Gasteiger partial charge in [-0.25, -0.2) is 4.99 Å². The standard InChI is InChI=1S/C17H14N2O/c20-17-15(11-13-7-3-1-4-8-13)18-16(19-17)12-14-9-5-2-6-10-14/h1-11H,12H2,(H,18,19,20)/b15-11+. The Balaban J connectivity index is 1.81. The van der Waals surface area contributed by atoms with Crippen molar-refractivity contribution in [1.29, 1.82) is 0 Å². The number of nitrogens with zero attached hydrogens (tertiary/aromatic N) is 1. The van der Waals surface area contributed by atoms with E-state index in [1.807, 2.05) is 60.7 Å². The van der Waals surface area contributed by atoms with Gasteiger partial charge >= 0.3 is 0 Å². The van der Waals surface area contributed by atoms with Crippen LogP contribution in [0.3, 0.4) is 0 Å². The Bertz CT molecular complexity index is 673. The van der Waals surface area contributed by atoms with Crippen LogP contribution < -0.4 is 5.32 Å². The summed E-state index contributed by atoms with van der Waals surface area (Å²) in [4.78, 5) is 16.3. The molecule has 1 heterocycles. The third-order valence-corrected chi connectivity index (χ3v) is 3.06. The monoisotopic (exact) mass is 262 g/mol. The van der Waals surface area contributed by atoms with Gasteiger partial charge in [0.1, 0.15) is 11.5 Å². The van der Waals surface area contributed by atoms with Crippen LogP contribution in [0.2, 0.25) is 0 Å². The summed E-state index contributed by atoms with van der Waals surface area (Å²) in [5, 5.41) is 2.82. The molecule has 98 valence electrons. The molecule has 20 heavy (non-hydrogen) atoms. The van der Waals surface area contributed by atoms with Gasteiger partial charge in [-0.1, -0.05) is 60.7 Å². The number of benzene rings is 2. The fourth-order valence-corrected chi connectivity index (χ4v) is 2.10. The lowest BCUT2D eigenvalue weighted by Crippen LogP contribution is -2.25. The van der Waals surface area contributed by atoms with Crippen molar-refractivity contribution in [1.82, 2.24) is 5.32 Å². The molecule has 3 nitrogen and oxygen atoms in total. The third-order valence-electron chi connectivity index (χ3n) is 3.06. The number of carbonyl (C=O) groups excluding carboxylic acids is 1. The summed E-state index contributed by atoms with van der Waals surface area (Å²) >= 11 is 0. The average Bonchev–Trinajstić information content (AvgIpc) is 2.81. The zero-order valence-corrected chi connectivity index (χ0v) is 10.9. The molecule has 0 bridgehead atoms. The number of carbonyl (C=O) groups is 1. The highest BCUT2D eigenvalue weighted by Crippen LogP contribution is 2.13. The largest absolute Gasteiger partial charge is 0.308 e. The van der Waals surface area contributed by atoms with Gasteiger partial charge in [-0.3, -0.25) is 4.79 Å². The molecule has 1 N–H and O–H groups in total. The number of amides is 1. The molecular formula is C17H14N2O. The minimum Gasteiger partial charge on any atom is -0.308 e. The van der Waals surface area contributed by atoms with Crippen molar-refractivity contribution < 1.29 is 4.79 Å². The molecule has 3 rings (SSSR count).